The van der Waals surface area contributed by atoms with E-state index in [9.17, 15) is 18.8 Å². The Hall–Kier alpha value is -2.49. The highest BCUT2D eigenvalue weighted by molar-refractivity contribution is 5.90. The van der Waals surface area contributed by atoms with Crippen molar-refractivity contribution in [3.05, 3.63) is 18.4 Å². The molecule has 34 heavy (non-hydrogen) atoms. The van der Waals surface area contributed by atoms with Crippen LogP contribution in [0.3, 0.4) is 0 Å². The molecule has 3 N–H and O–H groups in total. The topological polar surface area (TPSA) is 122 Å². The van der Waals surface area contributed by atoms with E-state index in [0.29, 0.717) is 51.2 Å². The van der Waals surface area contributed by atoms with Gasteiger partial charge in [0.15, 0.2) is 0 Å². The van der Waals surface area contributed by atoms with E-state index in [1.165, 1.54) is 6.26 Å². The van der Waals surface area contributed by atoms with Crippen LogP contribution in [0.2, 0.25) is 0 Å². The Labute approximate surface area is 199 Å². The van der Waals surface area contributed by atoms with Gasteiger partial charge < -0.3 is 25.3 Å². The Morgan fingerprint density at radius 1 is 1.32 bits per heavy atom. The number of carbonyl (C=O) groups excluding carboxylic acids is 3. The summed E-state index contributed by atoms with van der Waals surface area (Å²) in [6, 6.07) is 0. The fraction of sp³-hybridized carbons (Fsp3) is 0.750. The number of nitrogens with zero attached hydrogens (tertiary/aromatic N) is 3. The molecule has 1 aromatic heterocycles. The molecule has 0 radical (unpaired) electrons. The van der Waals surface area contributed by atoms with Gasteiger partial charge in [0, 0.05) is 19.6 Å². The summed E-state index contributed by atoms with van der Waals surface area (Å²) in [5, 5.41) is 2.62. The molecule has 0 bridgehead atoms. The van der Waals surface area contributed by atoms with Gasteiger partial charge in [-0.3, -0.25) is 14.4 Å². The number of aromatic nitrogens is 1. The first kappa shape index (κ1) is 24.6. The largest absolute Gasteiger partial charge is 0.447 e. The van der Waals surface area contributed by atoms with Crippen LogP contribution in [-0.2, 0) is 20.9 Å². The highest BCUT2D eigenvalue weighted by atomic mass is 19.1. The van der Waals surface area contributed by atoms with Crippen LogP contribution in [0.4, 0.5) is 4.39 Å². The van der Waals surface area contributed by atoms with Crippen molar-refractivity contribution in [3.8, 4) is 0 Å². The number of hydrogen-bond donors (Lipinski definition) is 2. The van der Waals surface area contributed by atoms with Gasteiger partial charge in [-0.1, -0.05) is 0 Å². The number of likely N-dealkylation sites (tertiary alicyclic amines) is 2. The molecule has 3 aliphatic rings. The molecule has 2 aliphatic heterocycles. The smallest absolute Gasteiger partial charge is 0.241 e. The van der Waals surface area contributed by atoms with Crippen LogP contribution in [0.1, 0.15) is 58.3 Å². The lowest BCUT2D eigenvalue weighted by Gasteiger charge is -2.45. The van der Waals surface area contributed by atoms with E-state index >= 15 is 0 Å². The molecule has 9 nitrogen and oxygen atoms in total. The van der Waals surface area contributed by atoms with Gasteiger partial charge in [-0.05, 0) is 64.2 Å². The van der Waals surface area contributed by atoms with Crippen LogP contribution in [-0.4, -0.2) is 70.4 Å². The minimum Gasteiger partial charge on any atom is -0.447 e. The van der Waals surface area contributed by atoms with Crippen molar-refractivity contribution in [2.24, 2.45) is 23.0 Å². The Bertz CT molecular complexity index is 894. The van der Waals surface area contributed by atoms with E-state index in [0.717, 1.165) is 12.8 Å². The third-order valence-corrected chi connectivity index (χ3v) is 7.78. The number of piperidine rings is 1. The summed E-state index contributed by atoms with van der Waals surface area (Å²) in [5.41, 5.74) is 4.03. The van der Waals surface area contributed by atoms with Crippen molar-refractivity contribution >= 4 is 17.7 Å². The van der Waals surface area contributed by atoms with Crippen LogP contribution in [0.15, 0.2) is 16.9 Å². The summed E-state index contributed by atoms with van der Waals surface area (Å²) < 4.78 is 19.3. The molecule has 2 saturated heterocycles. The fourth-order valence-corrected chi connectivity index (χ4v) is 5.95. The van der Waals surface area contributed by atoms with Crippen LogP contribution >= 0.6 is 0 Å². The molecule has 2 unspecified atom stereocenters. The highest BCUT2D eigenvalue weighted by Gasteiger charge is 2.58. The van der Waals surface area contributed by atoms with Crippen molar-refractivity contribution < 1.29 is 23.2 Å². The van der Waals surface area contributed by atoms with Crippen LogP contribution in [0, 0.1) is 17.3 Å². The summed E-state index contributed by atoms with van der Waals surface area (Å²) in [5.74, 6) is 0.147. The van der Waals surface area contributed by atoms with Crippen molar-refractivity contribution in [1.29, 1.82) is 0 Å². The quantitative estimate of drug-likeness (QED) is 0.642. The minimum atomic E-state index is -1.08. The lowest BCUT2D eigenvalue weighted by Crippen LogP contribution is -2.56. The highest BCUT2D eigenvalue weighted by Crippen LogP contribution is 2.51. The van der Waals surface area contributed by atoms with Gasteiger partial charge in [0.2, 0.25) is 23.6 Å². The number of nitrogens with one attached hydrogen (secondary N) is 1. The average molecular weight is 478 g/mol. The van der Waals surface area contributed by atoms with Gasteiger partial charge in [-0.25, -0.2) is 9.37 Å². The normalized spacial score (nSPS) is 30.1. The van der Waals surface area contributed by atoms with Gasteiger partial charge in [0.05, 0.1) is 30.2 Å². The van der Waals surface area contributed by atoms with Crippen molar-refractivity contribution in [2.45, 2.75) is 70.6 Å². The summed E-state index contributed by atoms with van der Waals surface area (Å²) in [6.07, 6.45) is 6.23. The Morgan fingerprint density at radius 3 is 2.71 bits per heavy atom. The molecule has 3 heterocycles. The van der Waals surface area contributed by atoms with E-state index in [1.807, 2.05) is 0 Å². The van der Waals surface area contributed by atoms with E-state index in [1.54, 1.807) is 29.8 Å². The first-order valence-corrected chi connectivity index (χ1v) is 12.3. The summed E-state index contributed by atoms with van der Waals surface area (Å²) >= 11 is 0. The Kier molecular flexibility index (Phi) is 6.98. The average Bonchev–Trinajstić information content (AvgIpc) is 3.40. The third kappa shape index (κ3) is 4.96. The van der Waals surface area contributed by atoms with Gasteiger partial charge in [-0.2, -0.15) is 0 Å². The maximum atomic E-state index is 13.9. The number of alkyl halides is 1. The van der Waals surface area contributed by atoms with Crippen LogP contribution in [0.5, 0.6) is 0 Å². The van der Waals surface area contributed by atoms with Crippen LogP contribution < -0.4 is 11.1 Å². The first-order valence-electron chi connectivity index (χ1n) is 12.3. The predicted octanol–water partition coefficient (Wildman–Crippen LogP) is 1.62. The van der Waals surface area contributed by atoms with Crippen LogP contribution in [0.25, 0.3) is 0 Å². The number of halogens is 1. The van der Waals surface area contributed by atoms with Gasteiger partial charge in [0.1, 0.15) is 12.4 Å². The second-order valence-corrected chi connectivity index (χ2v) is 10.7. The molecular weight excluding hydrogens is 441 g/mol. The molecule has 0 aromatic carbocycles. The number of amides is 3. The number of hydrogen-bond acceptors (Lipinski definition) is 6. The zero-order chi connectivity index (χ0) is 24.5. The SMILES string of the molecule is CC(C)(N)C(=O)NCC(=O)N1CCCC2(C1)C(=O)N(Cc1ncco1)CC2C1CCC(F)CC1. The Balaban J connectivity index is 1.52. The zero-order valence-electron chi connectivity index (χ0n) is 20.1. The van der Waals surface area contributed by atoms with Crippen molar-refractivity contribution in [1.82, 2.24) is 20.1 Å². The summed E-state index contributed by atoms with van der Waals surface area (Å²) in [7, 11) is 0. The standard InChI is InChI=1S/C24H36FN5O4/c1-23(2,26)21(32)28-12-20(31)29-10-3-8-24(15-29)18(16-4-6-17(25)7-5-16)13-30(22(24)33)14-19-27-9-11-34-19/h9,11,16-18H,3-8,10,12-15,26H2,1-2H3,(H,28,32). The molecule has 1 aliphatic carbocycles. The third-order valence-electron chi connectivity index (χ3n) is 7.78. The molecule has 1 saturated carbocycles. The molecule has 188 valence electrons. The molecule has 2 atom stereocenters. The number of rotatable bonds is 6. The maximum absolute atomic E-state index is 13.9. The molecule has 3 amide bonds. The minimum absolute atomic E-state index is 0.0164. The second kappa shape index (κ2) is 9.64. The van der Waals surface area contributed by atoms with Crippen molar-refractivity contribution in [2.75, 3.05) is 26.2 Å². The summed E-state index contributed by atoms with van der Waals surface area (Å²) in [6.45, 7) is 4.72. The number of carbonyl (C=O) groups is 3. The molecule has 4 rings (SSSR count). The zero-order valence-corrected chi connectivity index (χ0v) is 20.1. The molecule has 3 fully saturated rings. The second-order valence-electron chi connectivity index (χ2n) is 10.7. The molecule has 1 spiro atoms. The fourth-order valence-electron chi connectivity index (χ4n) is 5.95. The maximum Gasteiger partial charge on any atom is 0.241 e. The number of oxazole rings is 1. The lowest BCUT2D eigenvalue weighted by molar-refractivity contribution is -0.146. The van der Waals surface area contributed by atoms with Gasteiger partial charge in [-0.15, -0.1) is 0 Å². The monoisotopic (exact) mass is 477 g/mol. The lowest BCUT2D eigenvalue weighted by atomic mass is 9.63. The molecular formula is C24H36FN5O4. The van der Waals surface area contributed by atoms with Crippen molar-refractivity contribution in [3.63, 3.8) is 0 Å². The number of nitrogens with two attached hydrogens (primary N) is 1. The summed E-state index contributed by atoms with van der Waals surface area (Å²) in [4.78, 5) is 46.7. The molecule has 10 heteroatoms. The van der Waals surface area contributed by atoms with E-state index in [-0.39, 0.29) is 36.7 Å². The first-order chi connectivity index (χ1) is 16.1. The van der Waals surface area contributed by atoms with Gasteiger partial charge >= 0.3 is 0 Å². The van der Waals surface area contributed by atoms with E-state index in [4.69, 9.17) is 10.2 Å². The molecule has 1 aromatic rings. The predicted molar refractivity (Wildman–Crippen MR) is 122 cm³/mol. The van der Waals surface area contributed by atoms with Gasteiger partial charge in [0.25, 0.3) is 0 Å². The van der Waals surface area contributed by atoms with E-state index in [2.05, 4.69) is 10.3 Å². The Morgan fingerprint density at radius 2 is 2.06 bits per heavy atom. The van der Waals surface area contributed by atoms with E-state index < -0.39 is 23.0 Å².